The second-order valence-electron chi connectivity index (χ2n) is 8.73. The van der Waals surface area contributed by atoms with E-state index in [1.54, 1.807) is 54.3 Å². The molecule has 0 aliphatic rings. The summed E-state index contributed by atoms with van der Waals surface area (Å²) >= 11 is 0.760. The van der Waals surface area contributed by atoms with Crippen LogP contribution in [-0.2, 0) is 11.2 Å². The van der Waals surface area contributed by atoms with E-state index >= 15 is 0 Å². The molecule has 4 heterocycles. The second kappa shape index (κ2) is 10.6. The number of hydrogen-bond donors (Lipinski definition) is 1. The first-order valence-electron chi connectivity index (χ1n) is 12.1. The molecule has 0 atom stereocenters. The molecule has 14 heteroatoms. The van der Waals surface area contributed by atoms with Gasteiger partial charge in [0.2, 0.25) is 0 Å². The molecule has 0 saturated carbocycles. The Morgan fingerprint density at radius 3 is 2.73 bits per heavy atom. The van der Waals surface area contributed by atoms with Crippen LogP contribution in [-0.4, -0.2) is 49.3 Å². The molecule has 0 saturated heterocycles. The zero-order valence-corrected chi connectivity index (χ0v) is 22.1. The van der Waals surface area contributed by atoms with Gasteiger partial charge in [0.15, 0.2) is 22.9 Å². The highest BCUT2D eigenvalue weighted by Gasteiger charge is 2.21. The van der Waals surface area contributed by atoms with Crippen LogP contribution in [0.4, 0.5) is 10.8 Å². The van der Waals surface area contributed by atoms with E-state index in [0.29, 0.717) is 57.9 Å². The van der Waals surface area contributed by atoms with Gasteiger partial charge < -0.3 is 14.5 Å². The number of nitro groups is 1. The summed E-state index contributed by atoms with van der Waals surface area (Å²) in [6, 6.07) is 16.9. The molecule has 0 radical (unpaired) electrons. The van der Waals surface area contributed by atoms with E-state index < -0.39 is 10.8 Å². The van der Waals surface area contributed by atoms with Gasteiger partial charge in [0, 0.05) is 25.2 Å². The summed E-state index contributed by atoms with van der Waals surface area (Å²) in [5.41, 5.74) is 3.34. The van der Waals surface area contributed by atoms with Crippen LogP contribution < -0.4 is 5.32 Å². The Kier molecular flexibility index (Phi) is 6.63. The lowest BCUT2D eigenvalue weighted by Crippen LogP contribution is -2.12. The molecule has 0 unspecified atom stereocenters. The Morgan fingerprint density at radius 1 is 1.17 bits per heavy atom. The number of nitrogens with zero attached hydrogens (tertiary/aromatic N) is 7. The van der Waals surface area contributed by atoms with Gasteiger partial charge in [-0.2, -0.15) is 10.4 Å². The molecular formula is C27H18N8O5S. The van der Waals surface area contributed by atoms with Crippen molar-refractivity contribution in [1.29, 1.82) is 5.26 Å². The molecule has 0 spiro atoms. The smallest absolute Gasteiger partial charge is 0.324 e. The van der Waals surface area contributed by atoms with Crippen LogP contribution in [0.1, 0.15) is 21.1 Å². The van der Waals surface area contributed by atoms with Gasteiger partial charge in [-0.3, -0.25) is 14.9 Å². The summed E-state index contributed by atoms with van der Waals surface area (Å²) in [4.78, 5) is 37.7. The number of carbonyl (C=O) groups is 1. The Morgan fingerprint density at radius 2 is 2.00 bits per heavy atom. The number of benzene rings is 2. The van der Waals surface area contributed by atoms with Crippen molar-refractivity contribution in [3.63, 3.8) is 0 Å². The number of anilines is 1. The summed E-state index contributed by atoms with van der Waals surface area (Å²) in [7, 11) is 1.60. The van der Waals surface area contributed by atoms with Gasteiger partial charge in [-0.25, -0.2) is 19.6 Å². The second-order valence-corrected chi connectivity index (χ2v) is 9.79. The van der Waals surface area contributed by atoms with Gasteiger partial charge in [-0.15, -0.1) is 0 Å². The summed E-state index contributed by atoms with van der Waals surface area (Å²) in [5.74, 6) is 0.429. The fraction of sp³-hybridized carbons (Fsp3) is 0.111. The molecule has 0 aliphatic carbocycles. The van der Waals surface area contributed by atoms with Crippen molar-refractivity contribution in [2.75, 3.05) is 19.0 Å². The van der Waals surface area contributed by atoms with Crippen molar-refractivity contribution in [2.45, 2.75) is 6.42 Å². The quantitative estimate of drug-likeness (QED) is 0.197. The minimum Gasteiger partial charge on any atom is -0.441 e. The molecule has 0 bridgehead atoms. The number of carbonyl (C=O) groups excluding carboxylic acids is 1. The number of methoxy groups -OCH3 is 1. The van der Waals surface area contributed by atoms with Crippen molar-refractivity contribution in [2.24, 2.45) is 0 Å². The summed E-state index contributed by atoms with van der Waals surface area (Å²) in [6.07, 6.45) is 2.04. The maximum atomic E-state index is 13.1. The maximum absolute atomic E-state index is 13.1. The maximum Gasteiger partial charge on any atom is 0.324 e. The molecule has 13 nitrogen and oxygen atoms in total. The van der Waals surface area contributed by atoms with Crippen molar-refractivity contribution in [3.8, 4) is 23.1 Å². The number of oxazole rings is 1. The lowest BCUT2D eigenvalue weighted by atomic mass is 10.2. The van der Waals surface area contributed by atoms with Crippen LogP contribution in [0.15, 0.2) is 65.2 Å². The monoisotopic (exact) mass is 566 g/mol. The van der Waals surface area contributed by atoms with Gasteiger partial charge in [-0.05, 0) is 48.5 Å². The van der Waals surface area contributed by atoms with E-state index in [9.17, 15) is 20.2 Å². The molecule has 6 aromatic rings. The molecule has 6 rings (SSSR count). The van der Waals surface area contributed by atoms with Crippen LogP contribution >= 0.6 is 11.3 Å². The van der Waals surface area contributed by atoms with Crippen LogP contribution in [0.25, 0.3) is 39.2 Å². The number of nitriles is 1. The normalized spacial score (nSPS) is 11.1. The number of rotatable bonds is 8. The van der Waals surface area contributed by atoms with E-state index in [-0.39, 0.29) is 21.5 Å². The Balaban J connectivity index is 1.46. The highest BCUT2D eigenvalue weighted by Crippen LogP contribution is 2.30. The summed E-state index contributed by atoms with van der Waals surface area (Å²) < 4.78 is 12.5. The van der Waals surface area contributed by atoms with E-state index in [4.69, 9.17) is 14.1 Å². The fourth-order valence-electron chi connectivity index (χ4n) is 4.13. The first-order valence-corrected chi connectivity index (χ1v) is 13.0. The molecule has 0 aliphatic heterocycles. The van der Waals surface area contributed by atoms with Gasteiger partial charge in [0.25, 0.3) is 5.91 Å². The van der Waals surface area contributed by atoms with Gasteiger partial charge in [0.05, 0.1) is 45.3 Å². The van der Waals surface area contributed by atoms with Crippen LogP contribution in [0, 0.1) is 21.4 Å². The molecule has 1 amide bonds. The van der Waals surface area contributed by atoms with Gasteiger partial charge in [-0.1, -0.05) is 11.3 Å². The number of fused-ring (bicyclic) bond motifs is 2. The Hall–Kier alpha value is -5.52. The minimum atomic E-state index is -0.560. The fourth-order valence-corrected chi connectivity index (χ4v) is 4.84. The zero-order chi connectivity index (χ0) is 28.5. The first-order chi connectivity index (χ1) is 19.9. The predicted molar refractivity (Wildman–Crippen MR) is 149 cm³/mol. The molecular weight excluding hydrogens is 548 g/mol. The number of nitrogens with one attached hydrogen (secondary N) is 1. The predicted octanol–water partition coefficient (Wildman–Crippen LogP) is 4.91. The van der Waals surface area contributed by atoms with E-state index in [1.165, 1.54) is 18.3 Å². The van der Waals surface area contributed by atoms with Crippen LogP contribution in [0.2, 0.25) is 0 Å². The van der Waals surface area contributed by atoms with E-state index in [2.05, 4.69) is 26.5 Å². The largest absolute Gasteiger partial charge is 0.441 e. The number of hydrogen-bond acceptors (Lipinski definition) is 11. The molecule has 2 aromatic carbocycles. The van der Waals surface area contributed by atoms with Crippen LogP contribution in [0.3, 0.4) is 0 Å². The molecule has 41 heavy (non-hydrogen) atoms. The van der Waals surface area contributed by atoms with Crippen molar-refractivity contribution in [1.82, 2.24) is 24.7 Å². The van der Waals surface area contributed by atoms with Crippen molar-refractivity contribution in [3.05, 3.63) is 87.2 Å². The van der Waals surface area contributed by atoms with Gasteiger partial charge >= 0.3 is 5.00 Å². The van der Waals surface area contributed by atoms with Crippen LogP contribution in [0.5, 0.6) is 0 Å². The van der Waals surface area contributed by atoms with Crippen molar-refractivity contribution < 1.29 is 18.9 Å². The average Bonchev–Trinajstić information content (AvgIpc) is 3.74. The molecule has 1 N–H and O–H groups in total. The third kappa shape index (κ3) is 4.98. The highest BCUT2D eigenvalue weighted by atomic mass is 32.1. The molecule has 4 aromatic heterocycles. The third-order valence-electron chi connectivity index (χ3n) is 6.11. The van der Waals surface area contributed by atoms with Crippen molar-refractivity contribution >= 4 is 50.2 Å². The zero-order valence-electron chi connectivity index (χ0n) is 21.3. The standard InChI is InChI=1S/C27H18N8O5S/c1-39-11-10-22-30-19-12-16(4-7-20(19)40-22)24-31-25(33-27(36)21-8-9-23(41-21)35(37)38)18-14-29-34(26(18)32-24)17-5-2-15(13-28)3-6-17/h2-9,12,14H,10-11H2,1H3,(H,31,32,33,36). The summed E-state index contributed by atoms with van der Waals surface area (Å²) in [5, 5.41) is 27.8. The highest BCUT2D eigenvalue weighted by molar-refractivity contribution is 7.17. The molecule has 0 fully saturated rings. The SMILES string of the molecule is COCCc1nc2cc(-c3nc(NC(=O)c4ccc([N+](=O)[O-])s4)c4cnn(-c5ccc(C#N)cc5)c4n3)ccc2o1. The number of thiophene rings is 1. The van der Waals surface area contributed by atoms with Gasteiger partial charge in [0.1, 0.15) is 11.3 Å². The lowest BCUT2D eigenvalue weighted by Gasteiger charge is -2.09. The Bertz CT molecular complexity index is 1990. The summed E-state index contributed by atoms with van der Waals surface area (Å²) in [6.45, 7) is 0.468. The number of aromatic nitrogens is 5. The first kappa shape index (κ1) is 25.7. The third-order valence-corrected chi connectivity index (χ3v) is 7.14. The lowest BCUT2D eigenvalue weighted by molar-refractivity contribution is -0.380. The Labute approximate surface area is 234 Å². The topological polar surface area (TPSA) is 175 Å². The molecule has 202 valence electrons. The van der Waals surface area contributed by atoms with E-state index in [0.717, 1.165) is 11.3 Å². The number of amides is 1. The van der Waals surface area contributed by atoms with E-state index in [1.807, 2.05) is 0 Å². The minimum absolute atomic E-state index is 0.150. The average molecular weight is 567 g/mol. The number of ether oxygens (including phenoxy) is 1.